The van der Waals surface area contributed by atoms with Crippen molar-refractivity contribution in [1.82, 2.24) is 15.2 Å². The average Bonchev–Trinajstić information content (AvgIpc) is 3.08. The third-order valence-electron chi connectivity index (χ3n) is 3.68. The van der Waals surface area contributed by atoms with Crippen LogP contribution in [0.3, 0.4) is 0 Å². The van der Waals surface area contributed by atoms with Gasteiger partial charge in [0, 0.05) is 24.2 Å². The molecule has 0 saturated carbocycles. The number of carbonyl (C=O) groups is 2. The van der Waals surface area contributed by atoms with Crippen molar-refractivity contribution in [2.45, 2.75) is 34.2 Å². The van der Waals surface area contributed by atoms with Gasteiger partial charge in [-0.1, -0.05) is 45.9 Å². The normalized spacial score (nSPS) is 10.9. The van der Waals surface area contributed by atoms with Gasteiger partial charge in [0.05, 0.1) is 6.54 Å². The van der Waals surface area contributed by atoms with E-state index in [0.29, 0.717) is 37.2 Å². The molecule has 146 valence electrons. The zero-order valence-electron chi connectivity index (χ0n) is 16.4. The highest BCUT2D eigenvalue weighted by Gasteiger charge is 2.18. The van der Waals surface area contributed by atoms with Gasteiger partial charge in [0.2, 0.25) is 0 Å². The van der Waals surface area contributed by atoms with Crippen molar-refractivity contribution in [3.05, 3.63) is 46.4 Å². The molecule has 2 aromatic rings. The fraction of sp³-hybridized carbons (Fsp3) is 0.450. The number of benzene rings is 1. The smallest absolute Gasteiger partial charge is 0.322 e. The molecule has 1 aromatic heterocycles. The van der Waals surface area contributed by atoms with Gasteiger partial charge in [0.1, 0.15) is 10.7 Å². The van der Waals surface area contributed by atoms with E-state index in [9.17, 15) is 9.59 Å². The van der Waals surface area contributed by atoms with Crippen molar-refractivity contribution in [3.63, 3.8) is 0 Å². The van der Waals surface area contributed by atoms with Gasteiger partial charge in [-0.3, -0.25) is 4.79 Å². The lowest BCUT2D eigenvalue weighted by molar-refractivity contribution is 0.0944. The molecule has 27 heavy (non-hydrogen) atoms. The van der Waals surface area contributed by atoms with Gasteiger partial charge in [-0.15, -0.1) is 11.3 Å². The van der Waals surface area contributed by atoms with E-state index < -0.39 is 0 Å². The molecule has 1 heterocycles. The number of urea groups is 1. The average molecular weight is 389 g/mol. The van der Waals surface area contributed by atoms with Crippen LogP contribution < -0.4 is 10.6 Å². The molecule has 1 aromatic carbocycles. The molecule has 0 atom stereocenters. The Morgan fingerprint density at radius 1 is 1.11 bits per heavy atom. The maximum atomic E-state index is 12.7. The molecule has 0 bridgehead atoms. The van der Waals surface area contributed by atoms with Crippen molar-refractivity contribution in [3.8, 4) is 0 Å². The van der Waals surface area contributed by atoms with E-state index in [2.05, 4.69) is 29.5 Å². The standard InChI is InChI=1S/C20H28N4O2S/c1-14(2)10-21-19(25)17-13-27-18(23-17)12-24(11-15(3)4)20(26)22-16-8-6-5-7-9-16/h5-9,13-15H,10-12H2,1-4H3,(H,21,25)(H,22,26). The predicted molar refractivity (Wildman–Crippen MR) is 110 cm³/mol. The lowest BCUT2D eigenvalue weighted by Crippen LogP contribution is -2.37. The van der Waals surface area contributed by atoms with Crippen molar-refractivity contribution in [2.24, 2.45) is 11.8 Å². The van der Waals surface area contributed by atoms with Gasteiger partial charge in [0.25, 0.3) is 5.91 Å². The van der Waals surface area contributed by atoms with Crippen LogP contribution in [0.1, 0.15) is 43.2 Å². The fourth-order valence-electron chi connectivity index (χ4n) is 2.42. The largest absolute Gasteiger partial charge is 0.350 e. The van der Waals surface area contributed by atoms with E-state index in [1.54, 1.807) is 10.3 Å². The molecule has 2 rings (SSSR count). The molecule has 0 unspecified atom stereocenters. The van der Waals surface area contributed by atoms with Crippen LogP contribution in [0, 0.1) is 11.8 Å². The van der Waals surface area contributed by atoms with E-state index in [0.717, 1.165) is 10.7 Å². The molecule has 6 nitrogen and oxygen atoms in total. The molecule has 0 aliphatic carbocycles. The summed E-state index contributed by atoms with van der Waals surface area (Å²) in [5.74, 6) is 0.533. The van der Waals surface area contributed by atoms with Crippen LogP contribution in [0.5, 0.6) is 0 Å². The van der Waals surface area contributed by atoms with Crippen LogP contribution in [-0.2, 0) is 6.54 Å². The van der Waals surface area contributed by atoms with Gasteiger partial charge in [-0.2, -0.15) is 0 Å². The number of hydrogen-bond donors (Lipinski definition) is 2. The zero-order chi connectivity index (χ0) is 19.8. The minimum atomic E-state index is -0.171. The Labute approximate surface area is 165 Å². The maximum Gasteiger partial charge on any atom is 0.322 e. The predicted octanol–water partition coefficient (Wildman–Crippen LogP) is 4.22. The second-order valence-electron chi connectivity index (χ2n) is 7.30. The Bertz CT molecular complexity index is 743. The number of thiazole rings is 1. The molecular weight excluding hydrogens is 360 g/mol. The minimum Gasteiger partial charge on any atom is -0.350 e. The summed E-state index contributed by atoms with van der Waals surface area (Å²) in [6, 6.07) is 9.20. The molecule has 0 radical (unpaired) electrons. The molecule has 0 aliphatic heterocycles. The third kappa shape index (κ3) is 7.02. The SMILES string of the molecule is CC(C)CNC(=O)c1csc(CN(CC(C)C)C(=O)Nc2ccccc2)n1. The van der Waals surface area contributed by atoms with Gasteiger partial charge >= 0.3 is 6.03 Å². The van der Waals surface area contributed by atoms with Crippen LogP contribution >= 0.6 is 11.3 Å². The quantitative estimate of drug-likeness (QED) is 0.711. The Kier molecular flexibility index (Phi) is 7.79. The topological polar surface area (TPSA) is 74.3 Å². The van der Waals surface area contributed by atoms with Crippen molar-refractivity contribution in [2.75, 3.05) is 18.4 Å². The number of amides is 3. The first-order chi connectivity index (χ1) is 12.8. The van der Waals surface area contributed by atoms with Crippen molar-refractivity contribution in [1.29, 1.82) is 0 Å². The second kappa shape index (κ2) is 10.1. The van der Waals surface area contributed by atoms with Gasteiger partial charge < -0.3 is 15.5 Å². The van der Waals surface area contributed by atoms with E-state index in [1.807, 2.05) is 44.2 Å². The first-order valence-corrected chi connectivity index (χ1v) is 10.1. The zero-order valence-corrected chi connectivity index (χ0v) is 17.2. The number of anilines is 1. The Balaban J connectivity index is 2.03. The number of hydrogen-bond acceptors (Lipinski definition) is 4. The molecule has 2 N–H and O–H groups in total. The summed E-state index contributed by atoms with van der Waals surface area (Å²) in [4.78, 5) is 31.0. The minimum absolute atomic E-state index is 0.170. The van der Waals surface area contributed by atoms with Gasteiger partial charge in [0.15, 0.2) is 0 Å². The first kappa shape index (κ1) is 20.9. The number of rotatable bonds is 8. The van der Waals surface area contributed by atoms with Crippen LogP contribution in [0.4, 0.5) is 10.5 Å². The lowest BCUT2D eigenvalue weighted by Gasteiger charge is -2.24. The number of nitrogens with one attached hydrogen (secondary N) is 2. The summed E-state index contributed by atoms with van der Waals surface area (Å²) < 4.78 is 0. The number of aromatic nitrogens is 1. The summed E-state index contributed by atoms with van der Waals surface area (Å²) in [5, 5.41) is 8.27. The second-order valence-corrected chi connectivity index (χ2v) is 8.24. The summed E-state index contributed by atoms with van der Waals surface area (Å²) in [5.41, 5.74) is 1.16. The van der Waals surface area contributed by atoms with E-state index in [-0.39, 0.29) is 11.9 Å². The fourth-order valence-corrected chi connectivity index (χ4v) is 3.21. The highest BCUT2D eigenvalue weighted by atomic mass is 32.1. The summed E-state index contributed by atoms with van der Waals surface area (Å²) in [7, 11) is 0. The van der Waals surface area contributed by atoms with Gasteiger partial charge in [-0.25, -0.2) is 9.78 Å². The van der Waals surface area contributed by atoms with Crippen LogP contribution in [0.15, 0.2) is 35.7 Å². The highest BCUT2D eigenvalue weighted by molar-refractivity contribution is 7.09. The van der Waals surface area contributed by atoms with E-state index in [4.69, 9.17) is 0 Å². The highest BCUT2D eigenvalue weighted by Crippen LogP contribution is 2.15. The van der Waals surface area contributed by atoms with Crippen LogP contribution in [0.25, 0.3) is 0 Å². The molecule has 3 amide bonds. The monoisotopic (exact) mass is 388 g/mol. The van der Waals surface area contributed by atoms with Crippen molar-refractivity contribution >= 4 is 29.0 Å². The Hall–Kier alpha value is -2.41. The maximum absolute atomic E-state index is 12.7. The number of carbonyl (C=O) groups excluding carboxylic acids is 2. The van der Waals surface area contributed by atoms with Crippen molar-refractivity contribution < 1.29 is 9.59 Å². The first-order valence-electron chi connectivity index (χ1n) is 9.18. The summed E-state index contributed by atoms with van der Waals surface area (Å²) >= 11 is 1.40. The third-order valence-corrected chi connectivity index (χ3v) is 4.51. The molecule has 0 aliphatic rings. The molecule has 7 heteroatoms. The van der Waals surface area contributed by atoms with Gasteiger partial charge in [-0.05, 0) is 24.0 Å². The molecule has 0 fully saturated rings. The molecule has 0 saturated heterocycles. The Morgan fingerprint density at radius 2 is 1.81 bits per heavy atom. The number of para-hydroxylation sites is 1. The Morgan fingerprint density at radius 3 is 2.44 bits per heavy atom. The van der Waals surface area contributed by atoms with Crippen LogP contribution in [0.2, 0.25) is 0 Å². The number of nitrogens with zero attached hydrogens (tertiary/aromatic N) is 2. The molecule has 0 spiro atoms. The lowest BCUT2D eigenvalue weighted by atomic mass is 10.2. The van der Waals surface area contributed by atoms with E-state index in [1.165, 1.54) is 11.3 Å². The van der Waals surface area contributed by atoms with Crippen LogP contribution in [-0.4, -0.2) is 34.9 Å². The van der Waals surface area contributed by atoms with E-state index >= 15 is 0 Å². The summed E-state index contributed by atoms with van der Waals surface area (Å²) in [6.07, 6.45) is 0. The summed E-state index contributed by atoms with van der Waals surface area (Å²) in [6.45, 7) is 9.81. The molecular formula is C20H28N4O2S.